The lowest BCUT2D eigenvalue weighted by Crippen LogP contribution is -2.31. The number of carbonyl (C=O) groups is 1. The fourth-order valence-corrected chi connectivity index (χ4v) is 3.42. The Hall–Kier alpha value is -2.34. The summed E-state index contributed by atoms with van der Waals surface area (Å²) in [6.45, 7) is 4.17. The molecule has 0 N–H and O–H groups in total. The van der Waals surface area contributed by atoms with Crippen LogP contribution in [0.25, 0.3) is 0 Å². The van der Waals surface area contributed by atoms with Gasteiger partial charge in [-0.15, -0.1) is 0 Å². The van der Waals surface area contributed by atoms with Gasteiger partial charge in [-0.3, -0.25) is 9.10 Å². The molecule has 2 rings (SSSR count). The fourth-order valence-electron chi connectivity index (χ4n) is 2.46. The summed E-state index contributed by atoms with van der Waals surface area (Å²) in [6, 6.07) is 14.3. The number of ketones is 1. The monoisotopic (exact) mass is 361 g/mol. The summed E-state index contributed by atoms with van der Waals surface area (Å²) < 4.78 is 31.2. The molecular formula is C19H23NO4S. The van der Waals surface area contributed by atoms with Gasteiger partial charge in [-0.2, -0.15) is 0 Å². The van der Waals surface area contributed by atoms with Crippen molar-refractivity contribution < 1.29 is 17.9 Å². The number of carbonyl (C=O) groups excluding carboxylic acids is 1. The summed E-state index contributed by atoms with van der Waals surface area (Å²) >= 11 is 0. The van der Waals surface area contributed by atoms with Gasteiger partial charge in [0.15, 0.2) is 5.78 Å². The summed E-state index contributed by atoms with van der Waals surface area (Å²) in [4.78, 5) is 11.3. The van der Waals surface area contributed by atoms with E-state index >= 15 is 0 Å². The number of sulfonamides is 1. The highest BCUT2D eigenvalue weighted by atomic mass is 32.2. The molecule has 0 bridgehead atoms. The molecule has 0 unspecified atom stereocenters. The van der Waals surface area contributed by atoms with Crippen molar-refractivity contribution in [2.24, 2.45) is 0 Å². The maximum atomic E-state index is 12.1. The van der Waals surface area contributed by atoms with Gasteiger partial charge in [-0.05, 0) is 49.7 Å². The van der Waals surface area contributed by atoms with Crippen LogP contribution in [-0.4, -0.2) is 33.6 Å². The predicted octanol–water partition coefficient (Wildman–Crippen LogP) is 3.43. The third kappa shape index (κ3) is 5.32. The van der Waals surface area contributed by atoms with Gasteiger partial charge < -0.3 is 4.74 Å². The molecule has 0 heterocycles. The summed E-state index contributed by atoms with van der Waals surface area (Å²) in [5.41, 5.74) is 2.14. The molecule has 0 aliphatic carbocycles. The number of rotatable bonds is 8. The Morgan fingerprint density at radius 3 is 2.28 bits per heavy atom. The van der Waals surface area contributed by atoms with Gasteiger partial charge >= 0.3 is 0 Å². The average molecular weight is 361 g/mol. The number of hydrogen-bond donors (Lipinski definition) is 0. The van der Waals surface area contributed by atoms with Crippen molar-refractivity contribution in [3.8, 4) is 5.75 Å². The van der Waals surface area contributed by atoms with Crippen molar-refractivity contribution in [3.63, 3.8) is 0 Å². The van der Waals surface area contributed by atoms with Gasteiger partial charge in [-0.1, -0.05) is 18.2 Å². The summed E-state index contributed by atoms with van der Waals surface area (Å²) in [5, 5.41) is 0. The number of nitrogens with zero attached hydrogens (tertiary/aromatic N) is 1. The van der Waals surface area contributed by atoms with E-state index in [1.165, 1.54) is 17.5 Å². The maximum Gasteiger partial charge on any atom is 0.232 e. The van der Waals surface area contributed by atoms with Crippen LogP contribution in [0.5, 0.6) is 5.75 Å². The molecule has 25 heavy (non-hydrogen) atoms. The minimum absolute atomic E-state index is 0.0518. The van der Waals surface area contributed by atoms with E-state index in [-0.39, 0.29) is 5.78 Å². The molecule has 6 heteroatoms. The smallest absolute Gasteiger partial charge is 0.232 e. The Morgan fingerprint density at radius 1 is 1.08 bits per heavy atom. The Labute approximate surface area is 149 Å². The zero-order chi connectivity index (χ0) is 18.4. The summed E-state index contributed by atoms with van der Waals surface area (Å²) in [7, 11) is -3.41. The lowest BCUT2D eigenvalue weighted by Gasteiger charge is -2.22. The van der Waals surface area contributed by atoms with E-state index in [1.807, 2.05) is 31.2 Å². The second-order valence-corrected chi connectivity index (χ2v) is 7.81. The summed E-state index contributed by atoms with van der Waals surface area (Å²) in [6.07, 6.45) is 1.73. The third-order valence-electron chi connectivity index (χ3n) is 3.82. The molecule has 2 aromatic rings. The normalized spacial score (nSPS) is 11.2. The zero-order valence-corrected chi connectivity index (χ0v) is 15.5. The number of Topliss-reactive ketones (excluding diaryl/α,β-unsaturated/α-hetero) is 1. The van der Waals surface area contributed by atoms with E-state index < -0.39 is 10.0 Å². The Morgan fingerprint density at radius 2 is 1.72 bits per heavy atom. The first-order chi connectivity index (χ1) is 11.8. The number of benzene rings is 2. The maximum absolute atomic E-state index is 12.1. The molecule has 5 nitrogen and oxygen atoms in total. The van der Waals surface area contributed by atoms with Gasteiger partial charge in [-0.25, -0.2) is 8.42 Å². The SMILES string of the molecule is CC(=O)c1ccc(N(CCCOc2ccccc2C)S(C)(=O)=O)cc1. The van der Waals surface area contributed by atoms with Crippen molar-refractivity contribution in [2.75, 3.05) is 23.7 Å². The topological polar surface area (TPSA) is 63.7 Å². The third-order valence-corrected chi connectivity index (χ3v) is 5.01. The first kappa shape index (κ1) is 19.0. The first-order valence-corrected chi connectivity index (χ1v) is 9.91. The molecule has 0 aliphatic heterocycles. The van der Waals surface area contributed by atoms with Crippen molar-refractivity contribution in [3.05, 3.63) is 59.7 Å². The van der Waals surface area contributed by atoms with Crippen molar-refractivity contribution >= 4 is 21.5 Å². The largest absolute Gasteiger partial charge is 0.493 e. The standard InChI is InChI=1S/C19H23NO4S/c1-15-7-4-5-8-19(15)24-14-6-13-20(25(3,22)23)18-11-9-17(10-12-18)16(2)21/h4-5,7-12H,6,13-14H2,1-3H3. The molecule has 134 valence electrons. The Kier molecular flexibility index (Phi) is 6.20. The molecule has 0 saturated heterocycles. The van der Waals surface area contributed by atoms with E-state index in [0.29, 0.717) is 30.8 Å². The minimum atomic E-state index is -3.41. The van der Waals surface area contributed by atoms with Crippen molar-refractivity contribution in [2.45, 2.75) is 20.3 Å². The molecule has 0 saturated carbocycles. The van der Waals surface area contributed by atoms with E-state index in [9.17, 15) is 13.2 Å². The lowest BCUT2D eigenvalue weighted by molar-refractivity contribution is 0.101. The molecule has 0 aromatic heterocycles. The molecule has 0 spiro atoms. The summed E-state index contributed by atoms with van der Waals surface area (Å²) in [5.74, 6) is 0.753. The van der Waals surface area contributed by atoms with Crippen LogP contribution in [0.4, 0.5) is 5.69 Å². The number of ether oxygens (including phenoxy) is 1. The van der Waals surface area contributed by atoms with Crippen LogP contribution in [0.2, 0.25) is 0 Å². The average Bonchev–Trinajstić information content (AvgIpc) is 2.55. The second kappa shape index (κ2) is 8.16. The highest BCUT2D eigenvalue weighted by Crippen LogP contribution is 2.20. The Balaban J connectivity index is 2.01. The highest BCUT2D eigenvalue weighted by Gasteiger charge is 2.17. The van der Waals surface area contributed by atoms with E-state index in [0.717, 1.165) is 11.3 Å². The quantitative estimate of drug-likeness (QED) is 0.534. The van der Waals surface area contributed by atoms with Crippen LogP contribution in [0.3, 0.4) is 0 Å². The molecule has 0 amide bonds. The number of aryl methyl sites for hydroxylation is 1. The van der Waals surface area contributed by atoms with Crippen LogP contribution in [-0.2, 0) is 10.0 Å². The molecule has 2 aromatic carbocycles. The van der Waals surface area contributed by atoms with Crippen molar-refractivity contribution in [1.82, 2.24) is 0 Å². The highest BCUT2D eigenvalue weighted by molar-refractivity contribution is 7.92. The van der Waals surface area contributed by atoms with Gasteiger partial charge in [0.2, 0.25) is 10.0 Å². The number of para-hydroxylation sites is 1. The second-order valence-electron chi connectivity index (χ2n) is 5.91. The predicted molar refractivity (Wildman–Crippen MR) is 99.9 cm³/mol. The molecule has 0 atom stereocenters. The van der Waals surface area contributed by atoms with Crippen LogP contribution in [0.15, 0.2) is 48.5 Å². The zero-order valence-electron chi connectivity index (χ0n) is 14.7. The van der Waals surface area contributed by atoms with Gasteiger partial charge in [0, 0.05) is 18.5 Å². The minimum Gasteiger partial charge on any atom is -0.493 e. The van der Waals surface area contributed by atoms with Crippen LogP contribution in [0, 0.1) is 6.92 Å². The molecular weight excluding hydrogens is 338 g/mol. The molecule has 0 fully saturated rings. The van der Waals surface area contributed by atoms with Crippen LogP contribution >= 0.6 is 0 Å². The van der Waals surface area contributed by atoms with E-state index in [4.69, 9.17) is 4.74 Å². The van der Waals surface area contributed by atoms with Crippen LogP contribution < -0.4 is 9.04 Å². The van der Waals surface area contributed by atoms with E-state index in [2.05, 4.69) is 0 Å². The Bertz CT molecular complexity index is 829. The van der Waals surface area contributed by atoms with Gasteiger partial charge in [0.05, 0.1) is 18.6 Å². The van der Waals surface area contributed by atoms with Gasteiger partial charge in [0.25, 0.3) is 0 Å². The number of hydrogen-bond acceptors (Lipinski definition) is 4. The fraction of sp³-hybridized carbons (Fsp3) is 0.316. The lowest BCUT2D eigenvalue weighted by atomic mass is 10.1. The van der Waals surface area contributed by atoms with Crippen LogP contribution in [0.1, 0.15) is 29.3 Å². The van der Waals surface area contributed by atoms with E-state index in [1.54, 1.807) is 24.3 Å². The number of anilines is 1. The molecule has 0 radical (unpaired) electrons. The first-order valence-electron chi connectivity index (χ1n) is 8.06. The van der Waals surface area contributed by atoms with Gasteiger partial charge in [0.1, 0.15) is 5.75 Å². The molecule has 0 aliphatic rings. The van der Waals surface area contributed by atoms with Crippen molar-refractivity contribution in [1.29, 1.82) is 0 Å².